The lowest BCUT2D eigenvalue weighted by Crippen LogP contribution is -2.48. The number of rotatable bonds is 3. The summed E-state index contributed by atoms with van der Waals surface area (Å²) in [5, 5.41) is 2.77. The smallest absolute Gasteiger partial charge is 0.219 e. The van der Waals surface area contributed by atoms with Gasteiger partial charge >= 0.3 is 0 Å². The van der Waals surface area contributed by atoms with Crippen LogP contribution in [0.25, 0.3) is 0 Å². The van der Waals surface area contributed by atoms with E-state index in [1.54, 1.807) is 9.80 Å². The lowest BCUT2D eigenvalue weighted by Gasteiger charge is -2.35. The Labute approximate surface area is 116 Å². The maximum absolute atomic E-state index is 13.9. The highest BCUT2D eigenvalue weighted by molar-refractivity contribution is 5.73. The molecule has 110 valence electrons. The highest BCUT2D eigenvalue weighted by Gasteiger charge is 2.23. The third-order valence-corrected chi connectivity index (χ3v) is 3.28. The molecule has 5 nitrogen and oxygen atoms in total. The molecule has 0 spiro atoms. The largest absolute Gasteiger partial charge is 0.368 e. The van der Waals surface area contributed by atoms with E-state index in [1.165, 1.54) is 6.92 Å². The number of carbonyl (C=O) groups excluding carboxylic acids is 1. The first-order valence-corrected chi connectivity index (χ1v) is 6.63. The summed E-state index contributed by atoms with van der Waals surface area (Å²) < 4.78 is 27.4. The zero-order valence-electron chi connectivity index (χ0n) is 11.6. The number of aromatic nitrogens is 1. The molecule has 2 heterocycles. The van der Waals surface area contributed by atoms with Gasteiger partial charge < -0.3 is 15.1 Å². The van der Waals surface area contributed by atoms with Crippen molar-refractivity contribution in [3.05, 3.63) is 17.7 Å². The van der Waals surface area contributed by atoms with Crippen molar-refractivity contribution in [1.29, 1.82) is 0 Å². The third-order valence-electron chi connectivity index (χ3n) is 3.28. The van der Waals surface area contributed by atoms with Crippen molar-refractivity contribution in [1.82, 2.24) is 9.88 Å². The van der Waals surface area contributed by atoms with Crippen LogP contribution in [0.3, 0.4) is 0 Å². The predicted octanol–water partition coefficient (Wildman–Crippen LogP) is 1.46. The van der Waals surface area contributed by atoms with Gasteiger partial charge in [-0.3, -0.25) is 4.79 Å². The number of amides is 1. The quantitative estimate of drug-likeness (QED) is 0.913. The van der Waals surface area contributed by atoms with E-state index in [4.69, 9.17) is 0 Å². The van der Waals surface area contributed by atoms with Gasteiger partial charge in [0, 0.05) is 45.7 Å². The topological polar surface area (TPSA) is 48.5 Å². The molecular formula is C13H18F2N4O. The van der Waals surface area contributed by atoms with Gasteiger partial charge in [0.05, 0.1) is 0 Å². The summed E-state index contributed by atoms with van der Waals surface area (Å²) in [7, 11) is 0. The molecule has 0 bridgehead atoms. The molecule has 7 heteroatoms. The molecule has 1 aliphatic rings. The maximum atomic E-state index is 13.9. The molecular weight excluding hydrogens is 266 g/mol. The molecule has 20 heavy (non-hydrogen) atoms. The van der Waals surface area contributed by atoms with Gasteiger partial charge in [0.1, 0.15) is 0 Å². The lowest BCUT2D eigenvalue weighted by atomic mass is 10.3. The van der Waals surface area contributed by atoms with Crippen LogP contribution < -0.4 is 10.2 Å². The summed E-state index contributed by atoms with van der Waals surface area (Å²) in [6.45, 7) is 5.84. The fraction of sp³-hybridized carbons (Fsp3) is 0.538. The van der Waals surface area contributed by atoms with E-state index < -0.39 is 11.6 Å². The van der Waals surface area contributed by atoms with Crippen LogP contribution in [0.15, 0.2) is 6.07 Å². The number of nitrogens with one attached hydrogen (secondary N) is 1. The molecule has 0 saturated carbocycles. The second kappa shape index (κ2) is 6.02. The van der Waals surface area contributed by atoms with Crippen molar-refractivity contribution in [3.63, 3.8) is 0 Å². The molecule has 1 aliphatic heterocycles. The van der Waals surface area contributed by atoms with Crippen molar-refractivity contribution in [2.75, 3.05) is 42.9 Å². The van der Waals surface area contributed by atoms with Gasteiger partial charge in [0.2, 0.25) is 5.91 Å². The summed E-state index contributed by atoms with van der Waals surface area (Å²) in [6.07, 6.45) is 0. The normalized spacial score (nSPS) is 15.4. The van der Waals surface area contributed by atoms with Gasteiger partial charge in [-0.25, -0.2) is 13.8 Å². The molecule has 1 N–H and O–H groups in total. The zero-order chi connectivity index (χ0) is 14.7. The van der Waals surface area contributed by atoms with Crippen molar-refractivity contribution >= 4 is 17.5 Å². The fourth-order valence-electron chi connectivity index (χ4n) is 2.20. The first-order chi connectivity index (χ1) is 9.52. The summed E-state index contributed by atoms with van der Waals surface area (Å²) >= 11 is 0. The van der Waals surface area contributed by atoms with Gasteiger partial charge in [0.25, 0.3) is 0 Å². The highest BCUT2D eigenvalue weighted by atomic mass is 19.1. The van der Waals surface area contributed by atoms with Gasteiger partial charge in [-0.2, -0.15) is 0 Å². The molecule has 0 aromatic carbocycles. The molecule has 1 saturated heterocycles. The molecule has 1 aromatic heterocycles. The van der Waals surface area contributed by atoms with Crippen molar-refractivity contribution in [3.8, 4) is 0 Å². The van der Waals surface area contributed by atoms with Gasteiger partial charge in [-0.05, 0) is 6.92 Å². The molecule has 0 atom stereocenters. The van der Waals surface area contributed by atoms with E-state index in [9.17, 15) is 13.6 Å². The SMILES string of the molecule is CCNc1nc(N2CCN(C(C)=O)CC2)c(F)cc1F. The molecule has 0 radical (unpaired) electrons. The minimum absolute atomic E-state index is 0.00512. The van der Waals surface area contributed by atoms with Crippen LogP contribution in [0.4, 0.5) is 20.4 Å². The van der Waals surface area contributed by atoms with Crippen molar-refractivity contribution in [2.45, 2.75) is 13.8 Å². The van der Waals surface area contributed by atoms with Crippen LogP contribution in [-0.2, 0) is 4.79 Å². The average Bonchev–Trinajstić information content (AvgIpc) is 2.42. The monoisotopic (exact) mass is 284 g/mol. The van der Waals surface area contributed by atoms with E-state index in [1.807, 2.05) is 6.92 Å². The van der Waals surface area contributed by atoms with E-state index in [2.05, 4.69) is 10.3 Å². The Balaban J connectivity index is 2.17. The Morgan fingerprint density at radius 2 is 1.95 bits per heavy atom. The summed E-state index contributed by atoms with van der Waals surface area (Å²) in [5.41, 5.74) is 0. The number of carbonyl (C=O) groups is 1. The molecule has 0 unspecified atom stereocenters. The molecule has 2 rings (SSSR count). The Morgan fingerprint density at radius 3 is 2.50 bits per heavy atom. The third kappa shape index (κ3) is 2.97. The number of hydrogen-bond acceptors (Lipinski definition) is 4. The Kier molecular flexibility index (Phi) is 4.36. The van der Waals surface area contributed by atoms with Crippen molar-refractivity contribution in [2.24, 2.45) is 0 Å². The van der Waals surface area contributed by atoms with Crippen LogP contribution in [0.2, 0.25) is 0 Å². The minimum Gasteiger partial charge on any atom is -0.368 e. The van der Waals surface area contributed by atoms with E-state index in [0.717, 1.165) is 6.07 Å². The van der Waals surface area contributed by atoms with Gasteiger partial charge in [0.15, 0.2) is 23.3 Å². The molecule has 1 amide bonds. The van der Waals surface area contributed by atoms with E-state index in [-0.39, 0.29) is 17.5 Å². The standard InChI is InChI=1S/C13H18F2N4O/c1-3-16-12-10(14)8-11(15)13(17-12)19-6-4-18(5-7-19)9(2)20/h8H,3-7H2,1-2H3,(H,16,17). The predicted molar refractivity (Wildman–Crippen MR) is 72.8 cm³/mol. The van der Waals surface area contributed by atoms with E-state index >= 15 is 0 Å². The number of halogens is 2. The number of hydrogen-bond donors (Lipinski definition) is 1. The lowest BCUT2D eigenvalue weighted by molar-refractivity contribution is -0.129. The molecule has 1 fully saturated rings. The number of anilines is 2. The Hall–Kier alpha value is -1.92. The Morgan fingerprint density at radius 1 is 1.30 bits per heavy atom. The Bertz CT molecular complexity index is 501. The maximum Gasteiger partial charge on any atom is 0.219 e. The second-order valence-corrected chi connectivity index (χ2v) is 4.65. The van der Waals surface area contributed by atoms with Crippen molar-refractivity contribution < 1.29 is 13.6 Å². The summed E-state index contributed by atoms with van der Waals surface area (Å²) in [4.78, 5) is 18.7. The zero-order valence-corrected chi connectivity index (χ0v) is 11.6. The van der Waals surface area contributed by atoms with Gasteiger partial charge in [-0.15, -0.1) is 0 Å². The number of piperazine rings is 1. The first kappa shape index (κ1) is 14.5. The number of nitrogens with zero attached hydrogens (tertiary/aromatic N) is 3. The first-order valence-electron chi connectivity index (χ1n) is 6.63. The minimum atomic E-state index is -0.699. The molecule has 1 aromatic rings. The summed E-state index contributed by atoms with van der Waals surface area (Å²) in [6, 6.07) is 0.845. The molecule has 0 aliphatic carbocycles. The fourth-order valence-corrected chi connectivity index (χ4v) is 2.20. The van der Waals surface area contributed by atoms with E-state index in [0.29, 0.717) is 32.7 Å². The van der Waals surface area contributed by atoms with Gasteiger partial charge in [-0.1, -0.05) is 0 Å². The number of pyridine rings is 1. The van der Waals surface area contributed by atoms with Crippen LogP contribution in [0.5, 0.6) is 0 Å². The summed E-state index contributed by atoms with van der Waals surface area (Å²) in [5.74, 6) is -1.19. The van der Waals surface area contributed by atoms with Crippen LogP contribution in [-0.4, -0.2) is 48.5 Å². The van der Waals surface area contributed by atoms with Crippen LogP contribution >= 0.6 is 0 Å². The van der Waals surface area contributed by atoms with Crippen LogP contribution in [0.1, 0.15) is 13.8 Å². The second-order valence-electron chi connectivity index (χ2n) is 4.65. The highest BCUT2D eigenvalue weighted by Crippen LogP contribution is 2.23. The van der Waals surface area contributed by atoms with Crippen LogP contribution in [0, 0.1) is 11.6 Å². The average molecular weight is 284 g/mol.